The zero-order valence-corrected chi connectivity index (χ0v) is 19.3. The monoisotopic (exact) mass is 439 g/mol. The molecule has 0 aliphatic carbocycles. The summed E-state index contributed by atoms with van der Waals surface area (Å²) in [6.07, 6.45) is 3.72. The van der Waals surface area contributed by atoms with Crippen molar-refractivity contribution in [3.8, 4) is 0 Å². The van der Waals surface area contributed by atoms with Crippen molar-refractivity contribution in [3.05, 3.63) is 106 Å². The Bertz CT molecular complexity index is 1070. The van der Waals surface area contributed by atoms with E-state index in [0.29, 0.717) is 6.54 Å². The van der Waals surface area contributed by atoms with Crippen LogP contribution in [0.1, 0.15) is 51.0 Å². The molecular formula is C29H33N3O. The Morgan fingerprint density at radius 1 is 0.697 bits per heavy atom. The molecule has 3 aromatic rings. The summed E-state index contributed by atoms with van der Waals surface area (Å²) in [5, 5.41) is 3.06. The molecule has 0 radical (unpaired) electrons. The van der Waals surface area contributed by atoms with Gasteiger partial charge in [0.15, 0.2) is 0 Å². The molecule has 5 rings (SSSR count). The normalized spacial score (nSPS) is 16.5. The van der Waals surface area contributed by atoms with Crippen LogP contribution in [0.2, 0.25) is 0 Å². The summed E-state index contributed by atoms with van der Waals surface area (Å²) in [7, 11) is 0. The highest BCUT2D eigenvalue weighted by molar-refractivity contribution is 5.94. The number of nitrogens with one attached hydrogen (secondary N) is 1. The van der Waals surface area contributed by atoms with Gasteiger partial charge >= 0.3 is 0 Å². The number of fused-ring (bicyclic) bond motifs is 1. The van der Waals surface area contributed by atoms with Crippen LogP contribution in [0.25, 0.3) is 0 Å². The third-order valence-electron chi connectivity index (χ3n) is 6.91. The number of carbonyl (C=O) groups excluding carboxylic acids is 1. The summed E-state index contributed by atoms with van der Waals surface area (Å²) in [6.45, 7) is 6.99. The Morgan fingerprint density at radius 2 is 1.30 bits per heavy atom. The highest BCUT2D eigenvalue weighted by atomic mass is 16.1. The van der Waals surface area contributed by atoms with Crippen molar-refractivity contribution in [3.63, 3.8) is 0 Å². The van der Waals surface area contributed by atoms with Crippen LogP contribution in [0.15, 0.2) is 72.8 Å². The van der Waals surface area contributed by atoms with E-state index < -0.39 is 0 Å². The summed E-state index contributed by atoms with van der Waals surface area (Å²) >= 11 is 0. The van der Waals surface area contributed by atoms with E-state index in [1.165, 1.54) is 48.2 Å². The lowest BCUT2D eigenvalue weighted by Gasteiger charge is -2.28. The maximum absolute atomic E-state index is 12.6. The van der Waals surface area contributed by atoms with Crippen molar-refractivity contribution in [2.75, 3.05) is 19.6 Å². The van der Waals surface area contributed by atoms with E-state index in [1.807, 2.05) is 12.1 Å². The van der Waals surface area contributed by atoms with Gasteiger partial charge in [-0.05, 0) is 72.3 Å². The second-order valence-corrected chi connectivity index (χ2v) is 9.41. The topological polar surface area (TPSA) is 35.6 Å². The van der Waals surface area contributed by atoms with Crippen molar-refractivity contribution < 1.29 is 4.79 Å². The molecule has 2 aliphatic heterocycles. The van der Waals surface area contributed by atoms with Crippen LogP contribution in [0.3, 0.4) is 0 Å². The van der Waals surface area contributed by atoms with Gasteiger partial charge in [-0.25, -0.2) is 0 Å². The number of benzene rings is 3. The lowest BCUT2D eigenvalue weighted by Crippen LogP contribution is -2.30. The SMILES string of the molecule is O=C(NCc1ccc(CN2CCc3ccccc3C2)cc1)c1ccc(CN2CCCC2)cc1. The number of carbonyl (C=O) groups is 1. The van der Waals surface area contributed by atoms with E-state index in [1.54, 1.807) is 0 Å². The summed E-state index contributed by atoms with van der Waals surface area (Å²) in [4.78, 5) is 17.6. The third-order valence-corrected chi connectivity index (χ3v) is 6.91. The highest BCUT2D eigenvalue weighted by Crippen LogP contribution is 2.20. The first-order valence-corrected chi connectivity index (χ1v) is 12.2. The molecule has 2 heterocycles. The molecule has 1 amide bonds. The van der Waals surface area contributed by atoms with Crippen molar-refractivity contribution in [2.24, 2.45) is 0 Å². The van der Waals surface area contributed by atoms with E-state index in [-0.39, 0.29) is 5.91 Å². The van der Waals surface area contributed by atoms with Crippen LogP contribution in [0, 0.1) is 0 Å². The van der Waals surface area contributed by atoms with Gasteiger partial charge in [0.2, 0.25) is 0 Å². The fraction of sp³-hybridized carbons (Fsp3) is 0.345. The number of hydrogen-bond donors (Lipinski definition) is 1. The maximum atomic E-state index is 12.6. The van der Waals surface area contributed by atoms with Gasteiger partial charge in [-0.3, -0.25) is 14.6 Å². The average Bonchev–Trinajstić information content (AvgIpc) is 3.37. The zero-order chi connectivity index (χ0) is 22.5. The minimum Gasteiger partial charge on any atom is -0.348 e. The van der Waals surface area contributed by atoms with Gasteiger partial charge in [0.05, 0.1) is 0 Å². The van der Waals surface area contributed by atoms with Crippen LogP contribution in [-0.2, 0) is 32.6 Å². The first-order valence-electron chi connectivity index (χ1n) is 12.2. The van der Waals surface area contributed by atoms with E-state index in [2.05, 4.69) is 75.8 Å². The minimum absolute atomic E-state index is 0.0150. The van der Waals surface area contributed by atoms with E-state index in [0.717, 1.165) is 43.7 Å². The largest absolute Gasteiger partial charge is 0.348 e. The van der Waals surface area contributed by atoms with Crippen LogP contribution < -0.4 is 5.32 Å². The molecular weight excluding hydrogens is 406 g/mol. The van der Waals surface area contributed by atoms with Gasteiger partial charge in [0.25, 0.3) is 5.91 Å². The Kier molecular flexibility index (Phi) is 6.84. The smallest absolute Gasteiger partial charge is 0.251 e. The number of amides is 1. The van der Waals surface area contributed by atoms with Crippen molar-refractivity contribution in [2.45, 2.75) is 45.4 Å². The summed E-state index contributed by atoms with van der Waals surface area (Å²) in [6, 6.07) is 25.5. The Hall–Kier alpha value is -2.95. The molecule has 0 saturated carbocycles. The van der Waals surface area contributed by atoms with Crippen LogP contribution in [-0.4, -0.2) is 35.3 Å². The van der Waals surface area contributed by atoms with Gasteiger partial charge in [-0.2, -0.15) is 0 Å². The van der Waals surface area contributed by atoms with Gasteiger partial charge in [-0.1, -0.05) is 60.7 Å². The van der Waals surface area contributed by atoms with Gasteiger partial charge in [0.1, 0.15) is 0 Å². The van der Waals surface area contributed by atoms with E-state index >= 15 is 0 Å². The van der Waals surface area contributed by atoms with Crippen LogP contribution in [0.5, 0.6) is 0 Å². The molecule has 4 heteroatoms. The molecule has 1 fully saturated rings. The van der Waals surface area contributed by atoms with Crippen LogP contribution >= 0.6 is 0 Å². The summed E-state index contributed by atoms with van der Waals surface area (Å²) in [5.74, 6) is -0.0150. The minimum atomic E-state index is -0.0150. The quantitative estimate of drug-likeness (QED) is 0.576. The molecule has 0 unspecified atom stereocenters. The highest BCUT2D eigenvalue weighted by Gasteiger charge is 2.16. The molecule has 3 aromatic carbocycles. The molecule has 0 atom stereocenters. The predicted molar refractivity (Wildman–Crippen MR) is 133 cm³/mol. The van der Waals surface area contributed by atoms with Crippen LogP contribution in [0.4, 0.5) is 0 Å². The fourth-order valence-electron chi connectivity index (χ4n) is 4.95. The number of hydrogen-bond acceptors (Lipinski definition) is 3. The molecule has 2 aliphatic rings. The molecule has 33 heavy (non-hydrogen) atoms. The summed E-state index contributed by atoms with van der Waals surface area (Å²) in [5.41, 5.74) is 7.39. The Labute approximate surface area is 197 Å². The standard InChI is InChI=1S/C29H33N3O/c33-29(27-13-11-25(12-14-27)20-31-16-3-4-17-31)30-19-23-7-9-24(10-8-23)21-32-18-15-26-5-1-2-6-28(26)22-32/h1-2,5-14H,3-4,15-22H2,(H,30,33). The van der Waals surface area contributed by atoms with Gasteiger partial charge in [0, 0.05) is 38.3 Å². The maximum Gasteiger partial charge on any atom is 0.251 e. The second kappa shape index (κ2) is 10.3. The van der Waals surface area contributed by atoms with E-state index in [9.17, 15) is 4.79 Å². The fourth-order valence-corrected chi connectivity index (χ4v) is 4.95. The lowest BCUT2D eigenvalue weighted by molar-refractivity contribution is 0.0951. The first-order chi connectivity index (χ1) is 16.2. The van der Waals surface area contributed by atoms with Gasteiger partial charge < -0.3 is 5.32 Å². The molecule has 0 spiro atoms. The average molecular weight is 440 g/mol. The third kappa shape index (κ3) is 5.70. The first kappa shape index (κ1) is 21.9. The molecule has 1 saturated heterocycles. The molecule has 4 nitrogen and oxygen atoms in total. The van der Waals surface area contributed by atoms with Crippen molar-refractivity contribution in [1.29, 1.82) is 0 Å². The lowest BCUT2D eigenvalue weighted by atomic mass is 9.99. The van der Waals surface area contributed by atoms with Gasteiger partial charge in [-0.15, -0.1) is 0 Å². The van der Waals surface area contributed by atoms with E-state index in [4.69, 9.17) is 0 Å². The Morgan fingerprint density at radius 3 is 2.03 bits per heavy atom. The number of nitrogens with zero attached hydrogens (tertiary/aromatic N) is 2. The number of likely N-dealkylation sites (tertiary alicyclic amines) is 1. The van der Waals surface area contributed by atoms with Crippen molar-refractivity contribution >= 4 is 5.91 Å². The zero-order valence-electron chi connectivity index (χ0n) is 19.3. The molecule has 0 bridgehead atoms. The molecule has 0 aromatic heterocycles. The predicted octanol–water partition coefficient (Wildman–Crippen LogP) is 4.77. The molecule has 170 valence electrons. The second-order valence-electron chi connectivity index (χ2n) is 9.41. The van der Waals surface area contributed by atoms with Crippen molar-refractivity contribution in [1.82, 2.24) is 15.1 Å². The summed E-state index contributed by atoms with van der Waals surface area (Å²) < 4.78 is 0. The number of rotatable bonds is 7. The molecule has 1 N–H and O–H groups in total. The Balaban J connectivity index is 1.10.